The highest BCUT2D eigenvalue weighted by atomic mass is 79.9. The summed E-state index contributed by atoms with van der Waals surface area (Å²) in [5.41, 5.74) is 1.22. The zero-order chi connectivity index (χ0) is 12.8. The molecule has 0 atom stereocenters. The van der Waals surface area contributed by atoms with Gasteiger partial charge in [-0.1, -0.05) is 0 Å². The Labute approximate surface area is 118 Å². The smallest absolute Gasteiger partial charge is 0.0410 e. The largest absolute Gasteiger partial charge is 0.311 e. The van der Waals surface area contributed by atoms with E-state index in [-0.39, 0.29) is 0 Å². The van der Waals surface area contributed by atoms with Crippen molar-refractivity contribution in [2.24, 2.45) is 0 Å². The lowest BCUT2D eigenvalue weighted by atomic mass is 10.3. The second kappa shape index (κ2) is 7.19. The number of pyridine rings is 1. The Morgan fingerprint density at radius 1 is 1.28 bits per heavy atom. The molecular weight excluding hydrogens is 292 g/mol. The van der Waals surface area contributed by atoms with Crippen molar-refractivity contribution in [1.82, 2.24) is 20.1 Å². The van der Waals surface area contributed by atoms with Gasteiger partial charge in [0.05, 0.1) is 0 Å². The molecule has 1 aromatic rings. The fourth-order valence-corrected chi connectivity index (χ4v) is 2.51. The zero-order valence-corrected chi connectivity index (χ0v) is 12.5. The molecule has 0 aromatic carbocycles. The summed E-state index contributed by atoms with van der Waals surface area (Å²) in [6.45, 7) is 7.82. The Morgan fingerprint density at radius 2 is 2.06 bits per heavy atom. The molecule has 1 aromatic heterocycles. The first-order chi connectivity index (χ1) is 8.74. The number of aromatic nitrogens is 1. The van der Waals surface area contributed by atoms with Crippen LogP contribution in [0.15, 0.2) is 22.9 Å². The van der Waals surface area contributed by atoms with Crippen molar-refractivity contribution in [1.29, 1.82) is 0 Å². The van der Waals surface area contributed by atoms with Crippen LogP contribution in [0.5, 0.6) is 0 Å². The SMILES string of the molecule is CN1CCN(CCNCc2cncc(Br)c2)CC1. The second-order valence-corrected chi connectivity index (χ2v) is 5.75. The first-order valence-corrected chi connectivity index (χ1v) is 7.24. The summed E-state index contributed by atoms with van der Waals surface area (Å²) in [6.07, 6.45) is 3.72. The van der Waals surface area contributed by atoms with Gasteiger partial charge in [0.25, 0.3) is 0 Å². The highest BCUT2D eigenvalue weighted by Crippen LogP contribution is 2.09. The van der Waals surface area contributed by atoms with E-state index in [1.807, 2.05) is 12.4 Å². The minimum Gasteiger partial charge on any atom is -0.311 e. The van der Waals surface area contributed by atoms with Crippen molar-refractivity contribution in [3.05, 3.63) is 28.5 Å². The van der Waals surface area contributed by atoms with Crippen molar-refractivity contribution >= 4 is 15.9 Å². The number of rotatable bonds is 5. The summed E-state index contributed by atoms with van der Waals surface area (Å²) in [5.74, 6) is 0. The Morgan fingerprint density at radius 3 is 2.78 bits per heavy atom. The molecule has 0 saturated carbocycles. The Kier molecular flexibility index (Phi) is 5.56. The highest BCUT2D eigenvalue weighted by Gasteiger charge is 2.12. The van der Waals surface area contributed by atoms with Crippen molar-refractivity contribution in [3.8, 4) is 0 Å². The number of nitrogens with zero attached hydrogens (tertiary/aromatic N) is 3. The maximum atomic E-state index is 4.16. The van der Waals surface area contributed by atoms with Gasteiger partial charge in [0.2, 0.25) is 0 Å². The molecular formula is C13H21BrN4. The average molecular weight is 313 g/mol. The molecule has 1 aliphatic heterocycles. The van der Waals surface area contributed by atoms with Crippen molar-refractivity contribution in [3.63, 3.8) is 0 Å². The predicted molar refractivity (Wildman–Crippen MR) is 77.6 cm³/mol. The molecule has 5 heteroatoms. The van der Waals surface area contributed by atoms with Crippen LogP contribution in [0.25, 0.3) is 0 Å². The Bertz CT molecular complexity index is 364. The first-order valence-electron chi connectivity index (χ1n) is 6.45. The lowest BCUT2D eigenvalue weighted by molar-refractivity contribution is 0.154. The van der Waals surface area contributed by atoms with E-state index in [1.54, 1.807) is 0 Å². The maximum absolute atomic E-state index is 4.16. The quantitative estimate of drug-likeness (QED) is 0.827. The summed E-state index contributed by atoms with van der Waals surface area (Å²) in [5, 5.41) is 3.47. The fourth-order valence-electron chi connectivity index (χ4n) is 2.09. The van der Waals surface area contributed by atoms with Gasteiger partial charge in [0, 0.05) is 62.7 Å². The standard InChI is InChI=1S/C13H21BrN4/c1-17-4-6-18(7-5-17)3-2-15-9-12-8-13(14)11-16-10-12/h8,10-11,15H,2-7,9H2,1H3. The molecule has 0 spiro atoms. The zero-order valence-electron chi connectivity index (χ0n) is 10.9. The summed E-state index contributed by atoms with van der Waals surface area (Å²) < 4.78 is 1.04. The van der Waals surface area contributed by atoms with Crippen LogP contribution in [0.1, 0.15) is 5.56 Å². The number of likely N-dealkylation sites (N-methyl/N-ethyl adjacent to an activating group) is 1. The van der Waals surface area contributed by atoms with Crippen LogP contribution >= 0.6 is 15.9 Å². The number of hydrogen-bond donors (Lipinski definition) is 1. The van der Waals surface area contributed by atoms with Crippen molar-refractivity contribution in [2.75, 3.05) is 46.3 Å². The van der Waals surface area contributed by atoms with E-state index in [2.05, 4.69) is 49.1 Å². The molecule has 0 aliphatic carbocycles. The average Bonchev–Trinajstić information content (AvgIpc) is 2.37. The number of hydrogen-bond acceptors (Lipinski definition) is 4. The first kappa shape index (κ1) is 13.9. The van der Waals surface area contributed by atoms with Gasteiger partial charge in [-0.2, -0.15) is 0 Å². The summed E-state index contributed by atoms with van der Waals surface area (Å²) in [6, 6.07) is 2.11. The molecule has 1 saturated heterocycles. The van der Waals surface area contributed by atoms with Crippen molar-refractivity contribution < 1.29 is 0 Å². The van der Waals surface area contributed by atoms with Gasteiger partial charge in [0.1, 0.15) is 0 Å². The molecule has 1 aliphatic rings. The molecule has 0 bridgehead atoms. The van der Waals surface area contributed by atoms with Crippen LogP contribution in [0, 0.1) is 0 Å². The maximum Gasteiger partial charge on any atom is 0.0410 e. The Balaban J connectivity index is 1.61. The number of nitrogens with one attached hydrogen (secondary N) is 1. The van der Waals surface area contributed by atoms with Gasteiger partial charge in [0.15, 0.2) is 0 Å². The van der Waals surface area contributed by atoms with Crippen LogP contribution in [-0.2, 0) is 6.54 Å². The summed E-state index contributed by atoms with van der Waals surface area (Å²) >= 11 is 3.44. The summed E-state index contributed by atoms with van der Waals surface area (Å²) in [7, 11) is 2.19. The minimum absolute atomic E-state index is 0.889. The molecule has 0 radical (unpaired) electrons. The Hall–Kier alpha value is -0.490. The third-order valence-corrected chi connectivity index (χ3v) is 3.73. The lowest BCUT2D eigenvalue weighted by Crippen LogP contribution is -2.46. The van der Waals surface area contributed by atoms with Gasteiger partial charge in [-0.15, -0.1) is 0 Å². The van der Waals surface area contributed by atoms with Gasteiger partial charge in [-0.05, 0) is 34.6 Å². The number of piperazine rings is 1. The van der Waals surface area contributed by atoms with Gasteiger partial charge in [-0.25, -0.2) is 0 Å². The topological polar surface area (TPSA) is 31.4 Å². The fraction of sp³-hybridized carbons (Fsp3) is 0.615. The van der Waals surface area contributed by atoms with Crippen LogP contribution in [0.2, 0.25) is 0 Å². The third kappa shape index (κ3) is 4.65. The lowest BCUT2D eigenvalue weighted by Gasteiger charge is -2.32. The molecule has 100 valence electrons. The molecule has 0 unspecified atom stereocenters. The molecule has 1 fully saturated rings. The third-order valence-electron chi connectivity index (χ3n) is 3.29. The van der Waals surface area contributed by atoms with E-state index in [9.17, 15) is 0 Å². The number of halogens is 1. The van der Waals surface area contributed by atoms with E-state index in [0.717, 1.165) is 24.1 Å². The van der Waals surface area contributed by atoms with Gasteiger partial charge >= 0.3 is 0 Å². The van der Waals surface area contributed by atoms with E-state index in [1.165, 1.54) is 31.7 Å². The molecule has 2 rings (SSSR count). The van der Waals surface area contributed by atoms with Crippen molar-refractivity contribution in [2.45, 2.75) is 6.54 Å². The normalized spacial score (nSPS) is 18.1. The van der Waals surface area contributed by atoms with Crippen LogP contribution < -0.4 is 5.32 Å². The van der Waals surface area contributed by atoms with E-state index in [4.69, 9.17) is 0 Å². The van der Waals surface area contributed by atoms with Crippen LogP contribution in [0.3, 0.4) is 0 Å². The van der Waals surface area contributed by atoms with Gasteiger partial charge in [-0.3, -0.25) is 9.88 Å². The highest BCUT2D eigenvalue weighted by molar-refractivity contribution is 9.10. The minimum atomic E-state index is 0.889. The summed E-state index contributed by atoms with van der Waals surface area (Å²) in [4.78, 5) is 9.06. The predicted octanol–water partition coefficient (Wildman–Crippen LogP) is 1.18. The molecule has 4 nitrogen and oxygen atoms in total. The van der Waals surface area contributed by atoms with E-state index < -0.39 is 0 Å². The molecule has 18 heavy (non-hydrogen) atoms. The van der Waals surface area contributed by atoms with E-state index in [0.29, 0.717) is 0 Å². The van der Waals surface area contributed by atoms with Crippen LogP contribution in [0.4, 0.5) is 0 Å². The molecule has 0 amide bonds. The van der Waals surface area contributed by atoms with Gasteiger partial charge < -0.3 is 10.2 Å². The molecule has 1 N–H and O–H groups in total. The monoisotopic (exact) mass is 312 g/mol. The molecule has 2 heterocycles. The van der Waals surface area contributed by atoms with E-state index >= 15 is 0 Å². The second-order valence-electron chi connectivity index (χ2n) is 4.83. The van der Waals surface area contributed by atoms with Crippen LogP contribution in [-0.4, -0.2) is 61.1 Å².